The van der Waals surface area contributed by atoms with Crippen molar-refractivity contribution in [2.45, 2.75) is 74.6 Å². The van der Waals surface area contributed by atoms with Crippen molar-refractivity contribution in [2.24, 2.45) is 0 Å². The number of hydrogen-bond donors (Lipinski definition) is 7. The Hall–Kier alpha value is -4.32. The molecule has 9 rings (SSSR count). The topological polar surface area (TPSA) is 376 Å². The largest absolute Gasteiger partial charge is 0.780 e. The monoisotopic (exact) mass is 924 g/mol. The molecule has 61 heavy (non-hydrogen) atoms. The molecule has 326 valence electrons. The van der Waals surface area contributed by atoms with E-state index >= 15 is 0 Å². The zero-order valence-corrected chi connectivity index (χ0v) is 34.6. The maximum atomic E-state index is 13.8. The molecule has 10 N–H and O–H groups in total. The number of H-pyrrole nitrogens is 2. The molecule has 0 aromatic carbocycles. The molecule has 6 aromatic heterocycles. The number of aliphatic hydroxyl groups is 2. The standard InChI is InChI=1S/C30H37N15O12P2S2/c31-24-21-26(37-8-35-24)43(10-40-21)18-1-12(47)16(54-18)5-51-58(49,60)57-14-2-19(44-11-41-22-25(32)36-9-38-27(22)44)55-17(14)6-52-59(50,61)56-13-3-20(53-15(13)4-46)45-28-23(34-7-39-28)29(48)42-30(45)33/h7-20,46-47H,1-6H2,(H9,31,32,33,34,35,36,37,38,39,42,48,49,50,60,61)/p-1/t12-,13-,14-,15-,16-,17-,18-,19-,20-,58?,59?/m1/s1. The number of nitrogens with two attached hydrogens (primary N) is 3. The lowest BCUT2D eigenvalue weighted by atomic mass is 10.2. The van der Waals surface area contributed by atoms with Crippen LogP contribution >= 0.6 is 13.5 Å². The number of hydrogen-bond acceptors (Lipinski definition) is 24. The van der Waals surface area contributed by atoms with E-state index < -0.39 is 94.2 Å². The fourth-order valence-electron chi connectivity index (χ4n) is 7.47. The Morgan fingerprint density at radius 1 is 0.885 bits per heavy atom. The summed E-state index contributed by atoms with van der Waals surface area (Å²) in [5.74, 6) is 0.203. The minimum Gasteiger partial charge on any atom is -0.780 e. The molecule has 0 bridgehead atoms. The maximum Gasteiger partial charge on any atom is 0.322 e. The summed E-state index contributed by atoms with van der Waals surface area (Å²) in [6.07, 6.45) is -2.23. The molecule has 6 aromatic rings. The van der Waals surface area contributed by atoms with Gasteiger partial charge in [0.15, 0.2) is 47.8 Å². The highest BCUT2D eigenvalue weighted by molar-refractivity contribution is 8.32. The second kappa shape index (κ2) is 16.4. The molecule has 27 nitrogen and oxygen atoms in total. The van der Waals surface area contributed by atoms with E-state index in [9.17, 15) is 24.5 Å². The minimum absolute atomic E-state index is 0.0243. The van der Waals surface area contributed by atoms with E-state index in [1.54, 1.807) is 9.13 Å². The Balaban J connectivity index is 0.883. The Labute approximate surface area is 351 Å². The van der Waals surface area contributed by atoms with Crippen LogP contribution in [0.5, 0.6) is 0 Å². The summed E-state index contributed by atoms with van der Waals surface area (Å²) in [6, 6.07) is 0. The summed E-state index contributed by atoms with van der Waals surface area (Å²) in [5, 5.41) is 21.0. The maximum absolute atomic E-state index is 13.8. The van der Waals surface area contributed by atoms with Crippen LogP contribution in [-0.4, -0.2) is 121 Å². The molecule has 9 heterocycles. The average molecular weight is 925 g/mol. The number of anilines is 3. The number of nitrogen functional groups attached to an aromatic ring is 3. The zero-order valence-electron chi connectivity index (χ0n) is 31.2. The van der Waals surface area contributed by atoms with Crippen molar-refractivity contribution in [3.05, 3.63) is 42.0 Å². The Kier molecular flexibility index (Phi) is 11.3. The van der Waals surface area contributed by atoms with Crippen molar-refractivity contribution in [2.75, 3.05) is 37.0 Å². The summed E-state index contributed by atoms with van der Waals surface area (Å²) in [7, 11) is 0. The highest BCUT2D eigenvalue weighted by Crippen LogP contribution is 2.52. The number of aromatic amines is 2. The number of fused-ring (bicyclic) bond motifs is 3. The quantitative estimate of drug-likeness (QED) is 0.0361. The summed E-state index contributed by atoms with van der Waals surface area (Å²) in [6.45, 7) is -10.3. The lowest BCUT2D eigenvalue weighted by Crippen LogP contribution is -2.46. The van der Waals surface area contributed by atoms with E-state index in [0.29, 0.717) is 22.3 Å². The number of aromatic nitrogens is 12. The van der Waals surface area contributed by atoms with Crippen molar-refractivity contribution in [3.63, 3.8) is 0 Å². The van der Waals surface area contributed by atoms with Gasteiger partial charge in [-0.15, -0.1) is 4.98 Å². The van der Waals surface area contributed by atoms with Crippen LogP contribution in [0.3, 0.4) is 0 Å². The molecular formula is C30H36N15O12P2S2-. The summed E-state index contributed by atoms with van der Waals surface area (Å²) >= 11 is 10.6. The van der Waals surface area contributed by atoms with Gasteiger partial charge < -0.3 is 81.8 Å². The fourth-order valence-corrected chi connectivity index (χ4v) is 10.4. The SMILES string of the molecule is Nc1ncnc2c1ncn2[C@H]1C[C@@H](O)[C@@H](COP(=O)([S-])O[C@@H]2C[C@H](n3cnc4c(N)ncnc43)O[C@@H]2COP([O-])(=S)O[C@@H]2C[C@H]([n+]3c(N)[nH]c(=O)c4[nH]cnc43)O[C@@H]2CO)O1. The van der Waals surface area contributed by atoms with Crippen LogP contribution in [0.4, 0.5) is 17.6 Å². The van der Waals surface area contributed by atoms with Crippen LogP contribution in [0.2, 0.25) is 0 Å². The molecule has 11 atom stereocenters. The average Bonchev–Trinajstić information content (AvgIpc) is 4.07. The fraction of sp³-hybridized carbons (Fsp3) is 0.500. The summed E-state index contributed by atoms with van der Waals surface area (Å²) in [4.78, 5) is 60.4. The first kappa shape index (κ1) is 42.0. The van der Waals surface area contributed by atoms with Gasteiger partial charge in [0, 0.05) is 19.3 Å². The minimum atomic E-state index is -4.41. The molecular weight excluding hydrogens is 889 g/mol. The Morgan fingerprint density at radius 2 is 1.51 bits per heavy atom. The Bertz CT molecular complexity index is 2760. The van der Waals surface area contributed by atoms with E-state index in [4.69, 9.17) is 73.6 Å². The molecule has 31 heteroatoms. The molecule has 3 aliphatic heterocycles. The first-order valence-electron chi connectivity index (χ1n) is 18.3. The normalized spacial score (nSPS) is 28.9. The van der Waals surface area contributed by atoms with E-state index in [1.165, 1.54) is 36.2 Å². The van der Waals surface area contributed by atoms with Crippen molar-refractivity contribution in [3.8, 4) is 0 Å². The molecule has 0 amide bonds. The number of ether oxygens (including phenoxy) is 3. The van der Waals surface area contributed by atoms with Crippen LogP contribution in [0.25, 0.3) is 33.5 Å². The van der Waals surface area contributed by atoms with Crippen LogP contribution in [0.1, 0.15) is 37.9 Å². The lowest BCUT2D eigenvalue weighted by molar-refractivity contribution is -0.728. The number of aliphatic hydroxyl groups excluding tert-OH is 2. The first-order valence-corrected chi connectivity index (χ1v) is 23.5. The zero-order chi connectivity index (χ0) is 42.8. The van der Waals surface area contributed by atoms with Crippen LogP contribution in [0, 0.1) is 0 Å². The lowest BCUT2D eigenvalue weighted by Gasteiger charge is -2.34. The van der Waals surface area contributed by atoms with Gasteiger partial charge in [0.05, 0.1) is 50.8 Å². The molecule has 3 saturated heterocycles. The van der Waals surface area contributed by atoms with Crippen LogP contribution in [-0.2, 0) is 60.9 Å². The molecule has 2 unspecified atom stereocenters. The first-order chi connectivity index (χ1) is 29.2. The molecule has 3 fully saturated rings. The number of nitrogens with zero attached hydrogens (tertiary/aromatic N) is 10. The highest BCUT2D eigenvalue weighted by atomic mass is 32.7. The van der Waals surface area contributed by atoms with Gasteiger partial charge in [0.1, 0.15) is 61.2 Å². The summed E-state index contributed by atoms with van der Waals surface area (Å²) < 4.78 is 59.4. The number of rotatable bonds is 14. The van der Waals surface area contributed by atoms with Crippen molar-refractivity contribution in [1.82, 2.24) is 54.0 Å². The second-order valence-electron chi connectivity index (χ2n) is 14.1. The van der Waals surface area contributed by atoms with Crippen LogP contribution < -0.4 is 32.2 Å². The molecule has 0 spiro atoms. The smallest absolute Gasteiger partial charge is 0.322 e. The third-order valence-electron chi connectivity index (χ3n) is 10.3. The third kappa shape index (κ3) is 8.22. The number of nitrogens with one attached hydrogen (secondary N) is 2. The van der Waals surface area contributed by atoms with Gasteiger partial charge in [-0.25, -0.2) is 34.9 Å². The van der Waals surface area contributed by atoms with Crippen molar-refractivity contribution < 1.29 is 56.5 Å². The van der Waals surface area contributed by atoms with Crippen molar-refractivity contribution >= 4 is 88.6 Å². The predicted octanol–water partition coefficient (Wildman–Crippen LogP) is -1.78. The van der Waals surface area contributed by atoms with Crippen LogP contribution in [0.15, 0.2) is 36.4 Å². The molecule has 3 aliphatic rings. The van der Waals surface area contributed by atoms with Crippen molar-refractivity contribution in [1.29, 1.82) is 0 Å². The van der Waals surface area contributed by atoms with E-state index in [2.05, 4.69) is 44.9 Å². The van der Waals surface area contributed by atoms with E-state index in [-0.39, 0.29) is 48.0 Å². The van der Waals surface area contributed by atoms with E-state index in [0.717, 1.165) is 0 Å². The van der Waals surface area contributed by atoms with Gasteiger partial charge in [0.25, 0.3) is 5.65 Å². The number of imidazole rings is 3. The Morgan fingerprint density at radius 3 is 2.18 bits per heavy atom. The highest BCUT2D eigenvalue weighted by Gasteiger charge is 2.44. The van der Waals surface area contributed by atoms with E-state index in [1.807, 2.05) is 0 Å². The van der Waals surface area contributed by atoms with Gasteiger partial charge in [-0.3, -0.25) is 18.5 Å². The van der Waals surface area contributed by atoms with Gasteiger partial charge in [0.2, 0.25) is 0 Å². The molecule has 0 aliphatic carbocycles. The van der Waals surface area contributed by atoms with Gasteiger partial charge in [-0.1, -0.05) is 11.8 Å². The predicted molar refractivity (Wildman–Crippen MR) is 210 cm³/mol. The van der Waals surface area contributed by atoms with Gasteiger partial charge in [-0.2, -0.15) is 4.57 Å². The molecule has 0 saturated carbocycles. The van der Waals surface area contributed by atoms with Gasteiger partial charge in [-0.05, 0) is 0 Å². The third-order valence-corrected chi connectivity index (χ3v) is 13.5. The van der Waals surface area contributed by atoms with Gasteiger partial charge >= 0.3 is 11.5 Å². The second-order valence-corrected chi connectivity index (χ2v) is 19.5. The molecule has 0 radical (unpaired) electrons. The summed E-state index contributed by atoms with van der Waals surface area (Å²) in [5.41, 5.74) is 19.1.